The van der Waals surface area contributed by atoms with Crippen molar-refractivity contribution < 1.29 is 51.0 Å². The van der Waals surface area contributed by atoms with Gasteiger partial charge in [-0.05, 0) is 69.8 Å². The number of aromatic hydroxyl groups is 1. The third kappa shape index (κ3) is 15.8. The zero-order chi connectivity index (χ0) is 40.3. The zero-order valence-electron chi connectivity index (χ0n) is 33.9. The van der Waals surface area contributed by atoms with Crippen molar-refractivity contribution in [2.75, 3.05) is 17.5 Å². The first-order chi connectivity index (χ1) is 26.3. The number of halogens is 4. The van der Waals surface area contributed by atoms with Crippen LogP contribution in [0.25, 0.3) is 0 Å². The van der Waals surface area contributed by atoms with Crippen LogP contribution in [-0.2, 0) is 16.2 Å². The first-order valence-electron chi connectivity index (χ1n) is 18.0. The Bertz CT molecular complexity index is 1830. The zero-order valence-corrected chi connectivity index (χ0v) is 39.0. The molecule has 57 heavy (non-hydrogen) atoms. The summed E-state index contributed by atoms with van der Waals surface area (Å²) in [5.74, 6) is 1.90. The number of ether oxygens (including phenoxy) is 2. The Balaban J connectivity index is 0.00000109. The molecule has 0 aliphatic rings. The van der Waals surface area contributed by atoms with Gasteiger partial charge in [0.05, 0.1) is 10.7 Å². The molecule has 0 saturated heterocycles. The molecule has 6 aromatic rings. The largest absolute Gasteiger partial charge is 1.00 e. The van der Waals surface area contributed by atoms with Gasteiger partial charge in [-0.25, -0.2) is 0 Å². The SMILES string of the molecule is CC(C)(c1ccccc1)c1ccc(O)cc1.CC(C)(c1ccccc1)c1ccc(OCOc2ccc(C(C)(C)c3ccccc3)cc2)cc1.ClCCl.ClCCl.[2HH].[Na+].[OH-]. The van der Waals surface area contributed by atoms with Crippen molar-refractivity contribution in [2.45, 2.75) is 57.8 Å². The first-order valence-corrected chi connectivity index (χ1v) is 20.1. The van der Waals surface area contributed by atoms with Crippen molar-refractivity contribution in [2.24, 2.45) is 0 Å². The fourth-order valence-electron chi connectivity index (χ4n) is 6.04. The molecule has 6 rings (SSSR count). The molecule has 300 valence electrons. The quantitative estimate of drug-likeness (QED) is 0.0846. The molecule has 0 heterocycles. The van der Waals surface area contributed by atoms with E-state index in [1.807, 2.05) is 54.6 Å². The van der Waals surface area contributed by atoms with Crippen LogP contribution in [0.3, 0.4) is 0 Å². The van der Waals surface area contributed by atoms with Gasteiger partial charge < -0.3 is 20.1 Å². The van der Waals surface area contributed by atoms with E-state index < -0.39 is 0 Å². The molecular formula is C48H55Cl4NaO4. The number of rotatable bonds is 10. The summed E-state index contributed by atoms with van der Waals surface area (Å²) in [7, 11) is 0. The smallest absolute Gasteiger partial charge is 0.870 e. The maximum atomic E-state index is 9.29. The topological polar surface area (TPSA) is 68.7 Å². The molecule has 0 unspecified atom stereocenters. The van der Waals surface area contributed by atoms with Crippen molar-refractivity contribution in [3.05, 3.63) is 197 Å². The van der Waals surface area contributed by atoms with Gasteiger partial charge in [-0.15, -0.1) is 46.4 Å². The predicted octanol–water partition coefficient (Wildman–Crippen LogP) is 11.4. The maximum Gasteiger partial charge on any atom is 1.00 e. The van der Waals surface area contributed by atoms with Gasteiger partial charge in [0, 0.05) is 17.7 Å². The summed E-state index contributed by atoms with van der Waals surface area (Å²) in [6.07, 6.45) is 0. The molecule has 0 atom stereocenters. The van der Waals surface area contributed by atoms with Gasteiger partial charge in [0.2, 0.25) is 6.79 Å². The van der Waals surface area contributed by atoms with E-state index >= 15 is 0 Å². The third-order valence-corrected chi connectivity index (χ3v) is 9.68. The van der Waals surface area contributed by atoms with Crippen LogP contribution >= 0.6 is 46.4 Å². The van der Waals surface area contributed by atoms with Crippen LogP contribution in [0.15, 0.2) is 164 Å². The van der Waals surface area contributed by atoms with E-state index in [1.165, 1.54) is 33.4 Å². The third-order valence-electron chi connectivity index (χ3n) is 9.68. The Labute approximate surface area is 384 Å². The Morgan fingerprint density at radius 1 is 0.404 bits per heavy atom. The second-order valence-electron chi connectivity index (χ2n) is 14.2. The van der Waals surface area contributed by atoms with E-state index in [9.17, 15) is 5.11 Å². The molecule has 2 N–H and O–H groups in total. The van der Waals surface area contributed by atoms with Crippen molar-refractivity contribution in [1.82, 2.24) is 0 Å². The Morgan fingerprint density at radius 2 is 0.614 bits per heavy atom. The Morgan fingerprint density at radius 3 is 0.860 bits per heavy atom. The Kier molecular flexibility index (Phi) is 23.7. The standard InChI is InChI=1S/C31H32O2.C15H16O.2CH2Cl2.Na.H2O.H2/c1-30(2,24-11-7-5-8-12-24)26-15-19-28(20-16-26)32-23-33-29-21-17-27(18-22-29)31(3,4)25-13-9-6-10-14-25;1-15(2,12-6-4-3-5-7-12)13-8-10-14(16)11-9-13;2*2-1-3;;;/h5-22H,23H2,1-4H3;3-11,16H,1-2H3;2*1H2;;1H2;1H/q;;;;+1;;/p-1/i;;;;;;1+1. The minimum atomic E-state index is -0.0639. The number of phenolic OH excluding ortho intramolecular Hbond substituents is 1. The van der Waals surface area contributed by atoms with Crippen LogP contribution in [0.1, 0.15) is 76.3 Å². The molecular weight excluding hydrogens is 805 g/mol. The van der Waals surface area contributed by atoms with E-state index in [2.05, 4.69) is 139 Å². The maximum absolute atomic E-state index is 9.29. The molecule has 9 heteroatoms. The van der Waals surface area contributed by atoms with Crippen LogP contribution in [0.2, 0.25) is 0 Å². The summed E-state index contributed by atoms with van der Waals surface area (Å²) < 4.78 is 11.7. The van der Waals surface area contributed by atoms with Crippen molar-refractivity contribution in [3.63, 3.8) is 0 Å². The van der Waals surface area contributed by atoms with Crippen molar-refractivity contribution in [3.8, 4) is 17.2 Å². The average Bonchev–Trinajstić information content (AvgIpc) is 3.20. The molecule has 0 aliphatic carbocycles. The monoisotopic (exact) mass is 859 g/mol. The second-order valence-corrected chi connectivity index (χ2v) is 15.8. The molecule has 0 radical (unpaired) electrons. The summed E-state index contributed by atoms with van der Waals surface area (Å²) in [5, 5.41) is 9.68. The number of benzene rings is 6. The van der Waals surface area contributed by atoms with Gasteiger partial charge in [-0.2, -0.15) is 0 Å². The number of hydrogen-bond donors (Lipinski definition) is 1. The molecule has 0 amide bonds. The number of hydrogen-bond acceptors (Lipinski definition) is 4. The summed E-state index contributed by atoms with van der Waals surface area (Å²) >= 11 is 19.1. The normalized spacial score (nSPS) is 10.6. The van der Waals surface area contributed by atoms with Crippen molar-refractivity contribution in [1.29, 1.82) is 0 Å². The molecule has 0 aromatic heterocycles. The van der Waals surface area contributed by atoms with E-state index in [4.69, 9.17) is 55.9 Å². The molecule has 6 aromatic carbocycles. The first kappa shape index (κ1) is 51.9. The van der Waals surface area contributed by atoms with Crippen LogP contribution in [0, 0.1) is 0 Å². The van der Waals surface area contributed by atoms with Crippen LogP contribution < -0.4 is 39.0 Å². The summed E-state index contributed by atoms with van der Waals surface area (Å²) in [6.45, 7) is 13.5. The van der Waals surface area contributed by atoms with Crippen molar-refractivity contribution >= 4 is 46.4 Å². The summed E-state index contributed by atoms with van der Waals surface area (Å²) in [5.41, 5.74) is 7.41. The summed E-state index contributed by atoms with van der Waals surface area (Å²) in [4.78, 5) is 0. The van der Waals surface area contributed by atoms with Gasteiger partial charge in [0.25, 0.3) is 0 Å². The fraction of sp³-hybridized carbons (Fsp3) is 0.250. The number of phenols is 1. The van der Waals surface area contributed by atoms with E-state index in [0.717, 1.165) is 11.5 Å². The fourth-order valence-corrected chi connectivity index (χ4v) is 6.04. The minimum absolute atomic E-state index is 0. The van der Waals surface area contributed by atoms with Crippen LogP contribution in [-0.4, -0.2) is 28.1 Å². The second kappa shape index (κ2) is 26.0. The van der Waals surface area contributed by atoms with Crippen LogP contribution in [0.4, 0.5) is 0 Å². The molecule has 4 nitrogen and oxygen atoms in total. The van der Waals surface area contributed by atoms with E-state index in [1.54, 1.807) is 12.1 Å². The molecule has 0 bridgehead atoms. The van der Waals surface area contributed by atoms with Gasteiger partial charge in [-0.1, -0.05) is 169 Å². The van der Waals surface area contributed by atoms with Gasteiger partial charge in [0.1, 0.15) is 17.2 Å². The molecule has 0 spiro atoms. The summed E-state index contributed by atoms with van der Waals surface area (Å²) in [6, 6.07) is 55.5. The molecule has 0 saturated carbocycles. The van der Waals surface area contributed by atoms with Crippen LogP contribution in [0.5, 0.6) is 17.2 Å². The average molecular weight is 862 g/mol. The van der Waals surface area contributed by atoms with Gasteiger partial charge in [0.15, 0.2) is 0 Å². The Hall–Kier alpha value is -3.16. The van der Waals surface area contributed by atoms with E-state index in [-0.39, 0.29) is 70.2 Å². The van der Waals surface area contributed by atoms with E-state index in [0.29, 0.717) is 5.75 Å². The number of alkyl halides is 4. The molecule has 0 aliphatic heterocycles. The van der Waals surface area contributed by atoms with Gasteiger partial charge in [-0.3, -0.25) is 0 Å². The van der Waals surface area contributed by atoms with Gasteiger partial charge >= 0.3 is 29.6 Å². The molecule has 0 fully saturated rings. The predicted molar refractivity (Wildman–Crippen MR) is 240 cm³/mol. The minimum Gasteiger partial charge on any atom is -0.870 e.